The van der Waals surface area contributed by atoms with Crippen molar-refractivity contribution in [3.8, 4) is 0 Å². The Morgan fingerprint density at radius 2 is 2.00 bits per heavy atom. The Kier molecular flexibility index (Phi) is 4.09. The summed E-state index contributed by atoms with van der Waals surface area (Å²) < 4.78 is 5.48. The fourth-order valence-corrected chi connectivity index (χ4v) is 4.24. The monoisotopic (exact) mass is 336 g/mol. The predicted octanol–water partition coefficient (Wildman–Crippen LogP) is 4.01. The van der Waals surface area contributed by atoms with E-state index in [1.807, 2.05) is 37.8 Å². The molecule has 2 aliphatic rings. The maximum atomic E-state index is 12.2. The molecule has 1 aliphatic heterocycles. The molecule has 1 amide bonds. The minimum absolute atomic E-state index is 0.00761. The van der Waals surface area contributed by atoms with Crippen molar-refractivity contribution in [3.05, 3.63) is 34.3 Å². The van der Waals surface area contributed by atoms with E-state index in [2.05, 4.69) is 6.07 Å². The number of nitrogens with two attached hydrogens (primary N) is 1. The second kappa shape index (κ2) is 5.67. The third-order valence-corrected chi connectivity index (χ3v) is 5.31. The Labute approximate surface area is 142 Å². The van der Waals surface area contributed by atoms with E-state index < -0.39 is 5.60 Å². The summed E-state index contributed by atoms with van der Waals surface area (Å²) in [5.41, 5.74) is 8.31. The SMILES string of the molecule is CC(C)(C)OC(=O)N1CCC2(CC1)C[C@@H](N)c1c(Cl)cccc12. The van der Waals surface area contributed by atoms with E-state index in [9.17, 15) is 4.79 Å². The van der Waals surface area contributed by atoms with Crippen molar-refractivity contribution in [2.24, 2.45) is 5.73 Å². The first-order chi connectivity index (χ1) is 10.7. The number of carbonyl (C=O) groups is 1. The highest BCUT2D eigenvalue weighted by atomic mass is 35.5. The first kappa shape index (κ1) is 16.6. The van der Waals surface area contributed by atoms with Gasteiger partial charge in [-0.1, -0.05) is 23.7 Å². The molecule has 1 aromatic rings. The summed E-state index contributed by atoms with van der Waals surface area (Å²) in [6.07, 6.45) is 2.51. The van der Waals surface area contributed by atoms with Gasteiger partial charge >= 0.3 is 6.09 Å². The van der Waals surface area contributed by atoms with Crippen LogP contribution in [0.2, 0.25) is 5.02 Å². The summed E-state index contributed by atoms with van der Waals surface area (Å²) in [5, 5.41) is 0.765. The van der Waals surface area contributed by atoms with Crippen LogP contribution < -0.4 is 5.73 Å². The van der Waals surface area contributed by atoms with Crippen molar-refractivity contribution in [1.82, 2.24) is 4.90 Å². The van der Waals surface area contributed by atoms with Crippen LogP contribution in [0.4, 0.5) is 4.79 Å². The van der Waals surface area contributed by atoms with Crippen LogP contribution in [-0.4, -0.2) is 29.7 Å². The molecule has 126 valence electrons. The number of halogens is 1. The van der Waals surface area contributed by atoms with Gasteiger partial charge in [-0.05, 0) is 57.2 Å². The number of hydrogen-bond acceptors (Lipinski definition) is 3. The van der Waals surface area contributed by atoms with Crippen LogP contribution in [0.3, 0.4) is 0 Å². The maximum absolute atomic E-state index is 12.2. The van der Waals surface area contributed by atoms with E-state index in [0.29, 0.717) is 13.1 Å². The van der Waals surface area contributed by atoms with Gasteiger partial charge in [0.15, 0.2) is 0 Å². The van der Waals surface area contributed by atoms with Gasteiger partial charge in [0.05, 0.1) is 0 Å². The fourth-order valence-electron chi connectivity index (χ4n) is 3.93. The molecule has 1 atom stereocenters. The number of hydrogen-bond donors (Lipinski definition) is 1. The van der Waals surface area contributed by atoms with Crippen molar-refractivity contribution in [2.75, 3.05) is 13.1 Å². The number of nitrogens with zero attached hydrogens (tertiary/aromatic N) is 1. The highest BCUT2D eigenvalue weighted by molar-refractivity contribution is 6.31. The van der Waals surface area contributed by atoms with Gasteiger partial charge in [0.2, 0.25) is 0 Å². The van der Waals surface area contributed by atoms with E-state index in [0.717, 1.165) is 29.8 Å². The summed E-state index contributed by atoms with van der Waals surface area (Å²) >= 11 is 6.35. The molecular formula is C18H25ClN2O2. The molecule has 1 spiro atoms. The van der Waals surface area contributed by atoms with Gasteiger partial charge in [-0.2, -0.15) is 0 Å². The van der Waals surface area contributed by atoms with E-state index in [-0.39, 0.29) is 17.6 Å². The molecular weight excluding hydrogens is 312 g/mol. The zero-order valence-electron chi connectivity index (χ0n) is 14.1. The quantitative estimate of drug-likeness (QED) is 0.778. The Hall–Kier alpha value is -1.26. The summed E-state index contributed by atoms with van der Waals surface area (Å²) in [7, 11) is 0. The molecule has 1 heterocycles. The summed E-state index contributed by atoms with van der Waals surface area (Å²) in [5.74, 6) is 0. The number of piperidine rings is 1. The molecule has 1 saturated heterocycles. The Morgan fingerprint density at radius 3 is 2.61 bits per heavy atom. The Balaban J connectivity index is 1.75. The smallest absolute Gasteiger partial charge is 0.410 e. The Morgan fingerprint density at radius 1 is 1.35 bits per heavy atom. The molecule has 1 aromatic carbocycles. The maximum Gasteiger partial charge on any atom is 0.410 e. The second-order valence-corrected chi connectivity index (χ2v) is 8.17. The topological polar surface area (TPSA) is 55.6 Å². The summed E-state index contributed by atoms with van der Waals surface area (Å²) in [6.45, 7) is 7.08. The first-order valence-electron chi connectivity index (χ1n) is 8.24. The molecule has 0 radical (unpaired) electrons. The summed E-state index contributed by atoms with van der Waals surface area (Å²) in [4.78, 5) is 14.0. The standard InChI is InChI=1S/C18H25ClN2O2/c1-17(2,3)23-16(22)21-9-7-18(8-10-21)11-14(20)15-12(18)5-4-6-13(15)19/h4-6,14H,7-11,20H2,1-3H3/t14-/m1/s1. The van der Waals surface area contributed by atoms with Crippen molar-refractivity contribution < 1.29 is 9.53 Å². The molecule has 2 N–H and O–H groups in total. The lowest BCUT2D eigenvalue weighted by Gasteiger charge is -2.40. The molecule has 5 heteroatoms. The van der Waals surface area contributed by atoms with Crippen molar-refractivity contribution >= 4 is 17.7 Å². The molecule has 3 rings (SSSR count). The normalized spacial score (nSPS) is 23.0. The van der Waals surface area contributed by atoms with E-state index in [1.54, 1.807) is 0 Å². The van der Waals surface area contributed by atoms with Crippen molar-refractivity contribution in [1.29, 1.82) is 0 Å². The average molecular weight is 337 g/mol. The second-order valence-electron chi connectivity index (χ2n) is 7.76. The minimum Gasteiger partial charge on any atom is -0.444 e. The van der Waals surface area contributed by atoms with Gasteiger partial charge in [-0.25, -0.2) is 4.79 Å². The number of carbonyl (C=O) groups excluding carboxylic acids is 1. The van der Waals surface area contributed by atoms with Gasteiger partial charge in [-0.15, -0.1) is 0 Å². The number of fused-ring (bicyclic) bond motifs is 2. The van der Waals surface area contributed by atoms with Crippen LogP contribution in [0.1, 0.15) is 57.2 Å². The van der Waals surface area contributed by atoms with Gasteiger partial charge in [0.25, 0.3) is 0 Å². The van der Waals surface area contributed by atoms with Crippen LogP contribution >= 0.6 is 11.6 Å². The zero-order chi connectivity index (χ0) is 16.8. The van der Waals surface area contributed by atoms with Crippen LogP contribution in [0, 0.1) is 0 Å². The van der Waals surface area contributed by atoms with Crippen molar-refractivity contribution in [3.63, 3.8) is 0 Å². The predicted molar refractivity (Wildman–Crippen MR) is 91.7 cm³/mol. The van der Waals surface area contributed by atoms with Crippen LogP contribution in [0.5, 0.6) is 0 Å². The van der Waals surface area contributed by atoms with Gasteiger partial charge in [0, 0.05) is 29.6 Å². The third kappa shape index (κ3) is 3.07. The number of amides is 1. The number of rotatable bonds is 0. The lowest BCUT2D eigenvalue weighted by molar-refractivity contribution is 0.0162. The molecule has 0 saturated carbocycles. The molecule has 1 aliphatic carbocycles. The third-order valence-electron chi connectivity index (χ3n) is 4.98. The van der Waals surface area contributed by atoms with Crippen LogP contribution in [0.25, 0.3) is 0 Å². The van der Waals surface area contributed by atoms with E-state index >= 15 is 0 Å². The highest BCUT2D eigenvalue weighted by Gasteiger charge is 2.46. The molecule has 0 unspecified atom stereocenters. The van der Waals surface area contributed by atoms with Crippen molar-refractivity contribution in [2.45, 2.75) is 57.1 Å². The van der Waals surface area contributed by atoms with E-state index in [4.69, 9.17) is 22.1 Å². The number of ether oxygens (including phenoxy) is 1. The van der Waals surface area contributed by atoms with Gasteiger partial charge < -0.3 is 15.4 Å². The largest absolute Gasteiger partial charge is 0.444 e. The van der Waals surface area contributed by atoms with Gasteiger partial charge in [0.1, 0.15) is 5.60 Å². The van der Waals surface area contributed by atoms with Gasteiger partial charge in [-0.3, -0.25) is 0 Å². The molecule has 0 bridgehead atoms. The highest BCUT2D eigenvalue weighted by Crippen LogP contribution is 2.51. The molecule has 4 nitrogen and oxygen atoms in total. The molecule has 1 fully saturated rings. The minimum atomic E-state index is -0.456. The Bertz CT molecular complexity index is 616. The molecule has 23 heavy (non-hydrogen) atoms. The lowest BCUT2D eigenvalue weighted by atomic mass is 9.74. The zero-order valence-corrected chi connectivity index (χ0v) is 14.8. The van der Waals surface area contributed by atoms with Crippen LogP contribution in [0.15, 0.2) is 18.2 Å². The fraction of sp³-hybridized carbons (Fsp3) is 0.611. The summed E-state index contributed by atoms with van der Waals surface area (Å²) in [6, 6.07) is 6.06. The molecule has 0 aromatic heterocycles. The number of likely N-dealkylation sites (tertiary alicyclic amines) is 1. The van der Waals surface area contributed by atoms with E-state index in [1.165, 1.54) is 5.56 Å². The lowest BCUT2D eigenvalue weighted by Crippen LogP contribution is -2.46. The first-order valence-corrected chi connectivity index (χ1v) is 8.62. The average Bonchev–Trinajstić information content (AvgIpc) is 2.72. The number of benzene rings is 1. The van der Waals surface area contributed by atoms with Crippen LogP contribution in [-0.2, 0) is 10.2 Å².